The number of rotatable bonds is 4. The van der Waals surface area contributed by atoms with Crippen molar-refractivity contribution < 1.29 is 9.18 Å². The molecule has 126 valence electrons. The summed E-state index contributed by atoms with van der Waals surface area (Å²) in [5, 5.41) is 2.98. The third-order valence-corrected chi connectivity index (χ3v) is 4.77. The molecule has 0 spiro atoms. The minimum Gasteiger partial charge on any atom is -0.350 e. The highest BCUT2D eigenvalue weighted by Crippen LogP contribution is 2.25. The van der Waals surface area contributed by atoms with E-state index in [-0.39, 0.29) is 17.3 Å². The summed E-state index contributed by atoms with van der Waals surface area (Å²) < 4.78 is 13.0. The lowest BCUT2D eigenvalue weighted by molar-refractivity contribution is 0.0826. The Balaban J connectivity index is 1.62. The molecule has 4 heteroatoms. The molecule has 1 amide bonds. The fourth-order valence-corrected chi connectivity index (χ4v) is 3.12. The van der Waals surface area contributed by atoms with Crippen LogP contribution in [0.2, 0.25) is 0 Å². The normalized spacial score (nSPS) is 15.0. The molecule has 2 aromatic carbocycles. The third kappa shape index (κ3) is 3.65. The molecule has 0 atom stereocenters. The van der Waals surface area contributed by atoms with Gasteiger partial charge in [0.25, 0.3) is 5.91 Å². The van der Waals surface area contributed by atoms with Gasteiger partial charge in [-0.3, -0.25) is 9.69 Å². The van der Waals surface area contributed by atoms with Crippen LogP contribution in [0, 0.1) is 5.82 Å². The quantitative estimate of drug-likeness (QED) is 0.934. The molecule has 0 bridgehead atoms. The Kier molecular flexibility index (Phi) is 4.67. The Hall–Kier alpha value is -2.20. The van der Waals surface area contributed by atoms with Gasteiger partial charge in [-0.2, -0.15) is 0 Å². The second kappa shape index (κ2) is 6.73. The zero-order valence-electron chi connectivity index (χ0n) is 14.2. The highest BCUT2D eigenvalue weighted by molar-refractivity contribution is 5.94. The lowest BCUT2D eigenvalue weighted by Crippen LogP contribution is -2.53. The van der Waals surface area contributed by atoms with Crippen LogP contribution in [0.25, 0.3) is 0 Å². The number of hydrogen-bond acceptors (Lipinski definition) is 2. The van der Waals surface area contributed by atoms with Crippen molar-refractivity contribution in [2.75, 3.05) is 13.1 Å². The summed E-state index contributed by atoms with van der Waals surface area (Å²) in [6.07, 6.45) is 1.03. The molecular weight excluding hydrogens is 303 g/mol. The van der Waals surface area contributed by atoms with Gasteiger partial charge >= 0.3 is 0 Å². The van der Waals surface area contributed by atoms with Gasteiger partial charge < -0.3 is 5.32 Å². The first-order valence-corrected chi connectivity index (χ1v) is 8.31. The Bertz CT molecular complexity index is 725. The van der Waals surface area contributed by atoms with Crippen molar-refractivity contribution in [1.82, 2.24) is 10.2 Å². The van der Waals surface area contributed by atoms with Crippen LogP contribution in [0.4, 0.5) is 4.39 Å². The van der Waals surface area contributed by atoms with Crippen LogP contribution in [0.3, 0.4) is 0 Å². The number of carbonyl (C=O) groups excluding carboxylic acids is 1. The average Bonchev–Trinajstić information content (AvgIpc) is 2.60. The van der Waals surface area contributed by atoms with Crippen molar-refractivity contribution in [2.45, 2.75) is 32.4 Å². The van der Waals surface area contributed by atoms with E-state index in [9.17, 15) is 9.18 Å². The predicted molar refractivity (Wildman–Crippen MR) is 93.4 cm³/mol. The Morgan fingerprint density at radius 2 is 1.79 bits per heavy atom. The summed E-state index contributed by atoms with van der Waals surface area (Å²) in [5.74, 6) is -0.501. The van der Waals surface area contributed by atoms with Gasteiger partial charge in [-0.05, 0) is 55.7 Å². The molecule has 0 fully saturated rings. The van der Waals surface area contributed by atoms with E-state index in [4.69, 9.17) is 0 Å². The minimum absolute atomic E-state index is 0.150. The molecule has 0 saturated carbocycles. The fraction of sp³-hybridized carbons (Fsp3) is 0.350. The zero-order chi connectivity index (χ0) is 17.2. The van der Waals surface area contributed by atoms with Gasteiger partial charge in [-0.1, -0.05) is 24.3 Å². The van der Waals surface area contributed by atoms with E-state index < -0.39 is 0 Å². The summed E-state index contributed by atoms with van der Waals surface area (Å²) in [4.78, 5) is 14.6. The number of hydrogen-bond donors (Lipinski definition) is 1. The van der Waals surface area contributed by atoms with Crippen molar-refractivity contribution in [3.8, 4) is 0 Å². The largest absolute Gasteiger partial charge is 0.350 e. The van der Waals surface area contributed by atoms with Crippen LogP contribution < -0.4 is 5.32 Å². The fourth-order valence-electron chi connectivity index (χ4n) is 3.12. The molecule has 1 heterocycles. The summed E-state index contributed by atoms with van der Waals surface area (Å²) in [6, 6.07) is 14.2. The van der Waals surface area contributed by atoms with E-state index in [1.165, 1.54) is 35.4 Å². The average molecular weight is 326 g/mol. The van der Waals surface area contributed by atoms with Gasteiger partial charge in [0.05, 0.1) is 0 Å². The number of carbonyl (C=O) groups is 1. The predicted octanol–water partition coefficient (Wildman–Crippen LogP) is 3.39. The topological polar surface area (TPSA) is 32.3 Å². The van der Waals surface area contributed by atoms with Crippen molar-refractivity contribution in [3.05, 3.63) is 71.0 Å². The zero-order valence-corrected chi connectivity index (χ0v) is 14.2. The Morgan fingerprint density at radius 3 is 2.50 bits per heavy atom. The van der Waals surface area contributed by atoms with E-state index in [1.807, 2.05) is 0 Å². The Morgan fingerprint density at radius 1 is 1.12 bits per heavy atom. The van der Waals surface area contributed by atoms with Crippen molar-refractivity contribution in [1.29, 1.82) is 0 Å². The maximum Gasteiger partial charge on any atom is 0.251 e. The first-order valence-electron chi connectivity index (χ1n) is 8.31. The van der Waals surface area contributed by atoms with Crippen LogP contribution in [-0.4, -0.2) is 29.4 Å². The summed E-state index contributed by atoms with van der Waals surface area (Å²) >= 11 is 0. The van der Waals surface area contributed by atoms with E-state index in [0.717, 1.165) is 19.5 Å². The number of fused-ring (bicyclic) bond motifs is 1. The number of benzene rings is 2. The molecule has 0 radical (unpaired) electrons. The Labute approximate surface area is 142 Å². The van der Waals surface area contributed by atoms with Crippen molar-refractivity contribution >= 4 is 5.91 Å². The van der Waals surface area contributed by atoms with E-state index in [0.29, 0.717) is 12.1 Å². The molecule has 24 heavy (non-hydrogen) atoms. The molecule has 0 aliphatic carbocycles. The number of amides is 1. The molecule has 1 N–H and O–H groups in total. The van der Waals surface area contributed by atoms with Gasteiger partial charge in [-0.15, -0.1) is 0 Å². The van der Waals surface area contributed by atoms with E-state index in [2.05, 4.69) is 48.3 Å². The van der Waals surface area contributed by atoms with Gasteiger partial charge in [0.1, 0.15) is 5.82 Å². The lowest BCUT2D eigenvalue weighted by atomic mass is 9.94. The van der Waals surface area contributed by atoms with Crippen LogP contribution in [0.1, 0.15) is 35.3 Å². The van der Waals surface area contributed by atoms with Crippen molar-refractivity contribution in [2.24, 2.45) is 0 Å². The van der Waals surface area contributed by atoms with Crippen LogP contribution >= 0.6 is 0 Å². The standard InChI is InChI=1S/C20H23FN2O/c1-20(2,14-22-19(24)16-7-9-18(21)10-8-16)23-12-11-15-5-3-4-6-17(15)13-23/h3-10H,11-14H2,1-2H3,(H,22,24). The second-order valence-corrected chi connectivity index (χ2v) is 6.94. The summed E-state index contributed by atoms with van der Waals surface area (Å²) in [7, 11) is 0. The molecule has 0 saturated heterocycles. The van der Waals surface area contributed by atoms with Gasteiger partial charge in [-0.25, -0.2) is 4.39 Å². The minimum atomic E-state index is -0.334. The number of nitrogens with zero attached hydrogens (tertiary/aromatic N) is 1. The SMILES string of the molecule is CC(C)(CNC(=O)c1ccc(F)cc1)N1CCc2ccccc2C1. The number of nitrogens with one attached hydrogen (secondary N) is 1. The maximum atomic E-state index is 13.0. The smallest absolute Gasteiger partial charge is 0.251 e. The van der Waals surface area contributed by atoms with Gasteiger partial charge in [0, 0.05) is 30.7 Å². The first kappa shape index (κ1) is 16.7. The van der Waals surface area contributed by atoms with Crippen molar-refractivity contribution in [3.63, 3.8) is 0 Å². The van der Waals surface area contributed by atoms with Crippen LogP contribution in [-0.2, 0) is 13.0 Å². The molecule has 0 aromatic heterocycles. The second-order valence-electron chi connectivity index (χ2n) is 6.94. The highest BCUT2D eigenvalue weighted by atomic mass is 19.1. The van der Waals surface area contributed by atoms with E-state index in [1.54, 1.807) is 0 Å². The number of halogens is 1. The monoisotopic (exact) mass is 326 g/mol. The third-order valence-electron chi connectivity index (χ3n) is 4.77. The molecule has 2 aromatic rings. The van der Waals surface area contributed by atoms with Crippen LogP contribution in [0.5, 0.6) is 0 Å². The van der Waals surface area contributed by atoms with E-state index >= 15 is 0 Å². The molecule has 1 aliphatic heterocycles. The lowest BCUT2D eigenvalue weighted by Gasteiger charge is -2.41. The molecular formula is C20H23FN2O. The molecule has 0 unspecified atom stereocenters. The highest BCUT2D eigenvalue weighted by Gasteiger charge is 2.30. The molecule has 3 nitrogen and oxygen atoms in total. The first-order chi connectivity index (χ1) is 11.5. The van der Waals surface area contributed by atoms with Gasteiger partial charge in [0.15, 0.2) is 0 Å². The molecule has 1 aliphatic rings. The van der Waals surface area contributed by atoms with Gasteiger partial charge in [0.2, 0.25) is 0 Å². The molecule has 3 rings (SSSR count). The van der Waals surface area contributed by atoms with Crippen LogP contribution in [0.15, 0.2) is 48.5 Å². The maximum absolute atomic E-state index is 13.0. The summed E-state index contributed by atoms with van der Waals surface area (Å²) in [5.41, 5.74) is 3.11. The summed E-state index contributed by atoms with van der Waals surface area (Å²) in [6.45, 7) is 6.72.